The van der Waals surface area contributed by atoms with Crippen molar-refractivity contribution in [1.29, 1.82) is 0 Å². The standard InChI is InChI=1S/C24H22N6O5S/c1-13-5-6-14(2)17(11-13)25-18(31)12-36-22-19-21(28(3)24(33)29(4)23(19)32)26-20(27-22)15-7-9-16(10-8-15)30(34)35/h5-11H,12H2,1-4H3,(H,25,31). The third kappa shape index (κ3) is 4.75. The summed E-state index contributed by atoms with van der Waals surface area (Å²) in [5.74, 6) is -0.178. The lowest BCUT2D eigenvalue weighted by atomic mass is 10.1. The number of carbonyl (C=O) groups is 1. The van der Waals surface area contributed by atoms with Crippen molar-refractivity contribution in [2.24, 2.45) is 14.1 Å². The van der Waals surface area contributed by atoms with E-state index in [9.17, 15) is 24.5 Å². The Kier molecular flexibility index (Phi) is 6.71. The van der Waals surface area contributed by atoms with E-state index < -0.39 is 16.2 Å². The molecule has 0 fully saturated rings. The number of fused-ring (bicyclic) bond motifs is 1. The summed E-state index contributed by atoms with van der Waals surface area (Å²) in [6.07, 6.45) is 0. The SMILES string of the molecule is Cc1ccc(C)c(NC(=O)CSc2nc(-c3ccc([N+](=O)[O-])cc3)nc3c2c(=O)n(C)c(=O)n3C)c1. The Morgan fingerprint density at radius 2 is 1.75 bits per heavy atom. The Morgan fingerprint density at radius 1 is 1.06 bits per heavy atom. The highest BCUT2D eigenvalue weighted by atomic mass is 32.2. The monoisotopic (exact) mass is 506 g/mol. The summed E-state index contributed by atoms with van der Waals surface area (Å²) in [6.45, 7) is 3.82. The van der Waals surface area contributed by atoms with Crippen LogP contribution in [0.15, 0.2) is 57.1 Å². The summed E-state index contributed by atoms with van der Waals surface area (Å²) >= 11 is 1.04. The zero-order valence-electron chi connectivity index (χ0n) is 19.9. The van der Waals surface area contributed by atoms with Gasteiger partial charge in [0.1, 0.15) is 10.4 Å². The van der Waals surface area contributed by atoms with Crippen molar-refractivity contribution in [1.82, 2.24) is 19.1 Å². The molecule has 1 N–H and O–H groups in total. The number of nitro groups is 1. The molecule has 12 heteroatoms. The van der Waals surface area contributed by atoms with Crippen LogP contribution in [0.4, 0.5) is 11.4 Å². The fourth-order valence-corrected chi connectivity index (χ4v) is 4.40. The molecule has 184 valence electrons. The van der Waals surface area contributed by atoms with Crippen molar-refractivity contribution < 1.29 is 9.72 Å². The van der Waals surface area contributed by atoms with E-state index in [2.05, 4.69) is 15.3 Å². The molecule has 2 aromatic heterocycles. The lowest BCUT2D eigenvalue weighted by molar-refractivity contribution is -0.384. The molecule has 0 saturated heterocycles. The summed E-state index contributed by atoms with van der Waals surface area (Å²) in [5, 5.41) is 14.2. The lowest BCUT2D eigenvalue weighted by Crippen LogP contribution is -2.37. The second-order valence-corrected chi connectivity index (χ2v) is 9.18. The van der Waals surface area contributed by atoms with Gasteiger partial charge in [0, 0.05) is 37.5 Å². The number of hydrogen-bond acceptors (Lipinski definition) is 8. The number of thioether (sulfide) groups is 1. The molecule has 0 saturated carbocycles. The first kappa shape index (κ1) is 24.8. The molecule has 0 aliphatic carbocycles. The minimum atomic E-state index is -0.583. The van der Waals surface area contributed by atoms with E-state index in [0.717, 1.165) is 27.5 Å². The molecule has 0 unspecified atom stereocenters. The molecule has 4 rings (SSSR count). The van der Waals surface area contributed by atoms with Gasteiger partial charge in [-0.25, -0.2) is 14.8 Å². The quantitative estimate of drug-likeness (QED) is 0.182. The molecule has 4 aromatic rings. The van der Waals surface area contributed by atoms with Crippen LogP contribution in [0, 0.1) is 24.0 Å². The molecule has 0 radical (unpaired) electrons. The Hall–Kier alpha value is -4.32. The Bertz CT molecular complexity index is 1640. The van der Waals surface area contributed by atoms with Crippen LogP contribution in [-0.4, -0.2) is 35.7 Å². The molecule has 2 heterocycles. The van der Waals surface area contributed by atoms with Gasteiger partial charge in [-0.3, -0.25) is 28.8 Å². The van der Waals surface area contributed by atoms with E-state index in [4.69, 9.17) is 0 Å². The summed E-state index contributed by atoms with van der Waals surface area (Å²) < 4.78 is 2.19. The highest BCUT2D eigenvalue weighted by Gasteiger charge is 2.19. The number of rotatable bonds is 6. The van der Waals surface area contributed by atoms with Gasteiger partial charge in [-0.05, 0) is 43.2 Å². The molecule has 0 aliphatic heterocycles. The van der Waals surface area contributed by atoms with Crippen LogP contribution in [-0.2, 0) is 18.9 Å². The number of carbonyl (C=O) groups excluding carboxylic acids is 1. The van der Waals surface area contributed by atoms with Gasteiger partial charge < -0.3 is 5.32 Å². The average Bonchev–Trinajstić information content (AvgIpc) is 2.86. The number of benzene rings is 2. The van der Waals surface area contributed by atoms with Crippen molar-refractivity contribution >= 4 is 40.1 Å². The Balaban J connectivity index is 1.76. The van der Waals surface area contributed by atoms with E-state index in [1.54, 1.807) is 0 Å². The van der Waals surface area contributed by atoms with Gasteiger partial charge in [0.25, 0.3) is 11.2 Å². The second kappa shape index (κ2) is 9.74. The number of aryl methyl sites for hydroxylation is 3. The minimum absolute atomic E-state index is 0.0504. The lowest BCUT2D eigenvalue weighted by Gasteiger charge is -2.12. The summed E-state index contributed by atoms with van der Waals surface area (Å²) in [7, 11) is 2.84. The Morgan fingerprint density at radius 3 is 2.42 bits per heavy atom. The smallest absolute Gasteiger partial charge is 0.325 e. The first-order valence-electron chi connectivity index (χ1n) is 10.8. The van der Waals surface area contributed by atoms with Crippen molar-refractivity contribution in [3.8, 4) is 11.4 Å². The molecule has 0 aliphatic rings. The van der Waals surface area contributed by atoms with Gasteiger partial charge in [-0.15, -0.1) is 0 Å². The van der Waals surface area contributed by atoms with E-state index >= 15 is 0 Å². The van der Waals surface area contributed by atoms with Gasteiger partial charge in [0.2, 0.25) is 5.91 Å². The number of hydrogen-bond donors (Lipinski definition) is 1. The van der Waals surface area contributed by atoms with Crippen LogP contribution < -0.4 is 16.6 Å². The minimum Gasteiger partial charge on any atom is -0.325 e. The van der Waals surface area contributed by atoms with Crippen LogP contribution >= 0.6 is 11.8 Å². The highest BCUT2D eigenvalue weighted by Crippen LogP contribution is 2.27. The van der Waals surface area contributed by atoms with Gasteiger partial charge in [0.05, 0.1) is 10.7 Å². The predicted molar refractivity (Wildman–Crippen MR) is 137 cm³/mol. The molecule has 0 spiro atoms. The van der Waals surface area contributed by atoms with Crippen LogP contribution in [0.3, 0.4) is 0 Å². The number of amides is 1. The fourth-order valence-electron chi connectivity index (χ4n) is 3.59. The first-order valence-corrected chi connectivity index (χ1v) is 11.8. The van der Waals surface area contributed by atoms with Crippen molar-refractivity contribution in [2.45, 2.75) is 18.9 Å². The topological polar surface area (TPSA) is 142 Å². The number of anilines is 1. The zero-order valence-corrected chi connectivity index (χ0v) is 20.8. The number of nitro benzene ring substituents is 1. The van der Waals surface area contributed by atoms with E-state index in [1.807, 2.05) is 32.0 Å². The highest BCUT2D eigenvalue weighted by molar-refractivity contribution is 8.00. The van der Waals surface area contributed by atoms with E-state index in [0.29, 0.717) is 11.3 Å². The maximum Gasteiger partial charge on any atom is 0.332 e. The average molecular weight is 507 g/mol. The number of nitrogens with one attached hydrogen (secondary N) is 1. The van der Waals surface area contributed by atoms with Crippen molar-refractivity contribution in [3.05, 3.63) is 84.5 Å². The molecular weight excluding hydrogens is 484 g/mol. The van der Waals surface area contributed by atoms with E-state index in [1.165, 1.54) is 42.9 Å². The fraction of sp³-hybridized carbons (Fsp3) is 0.208. The van der Waals surface area contributed by atoms with E-state index in [-0.39, 0.29) is 39.2 Å². The van der Waals surface area contributed by atoms with Gasteiger partial charge >= 0.3 is 5.69 Å². The molecule has 36 heavy (non-hydrogen) atoms. The van der Waals surface area contributed by atoms with Gasteiger partial charge in [0.15, 0.2) is 11.5 Å². The zero-order chi connectivity index (χ0) is 26.1. The molecule has 0 bridgehead atoms. The van der Waals surface area contributed by atoms with Crippen LogP contribution in [0.5, 0.6) is 0 Å². The van der Waals surface area contributed by atoms with Crippen LogP contribution in [0.1, 0.15) is 11.1 Å². The predicted octanol–water partition coefficient (Wildman–Crippen LogP) is 2.95. The normalized spacial score (nSPS) is 11.0. The largest absolute Gasteiger partial charge is 0.332 e. The third-order valence-corrected chi connectivity index (χ3v) is 6.59. The second-order valence-electron chi connectivity index (χ2n) is 8.22. The van der Waals surface area contributed by atoms with Gasteiger partial charge in [-0.2, -0.15) is 0 Å². The Labute approximate surface area is 209 Å². The maximum atomic E-state index is 13.0. The van der Waals surface area contributed by atoms with Crippen molar-refractivity contribution in [2.75, 3.05) is 11.1 Å². The molecule has 0 atom stereocenters. The van der Waals surface area contributed by atoms with Crippen molar-refractivity contribution in [3.63, 3.8) is 0 Å². The molecule has 2 aromatic carbocycles. The molecule has 1 amide bonds. The number of non-ortho nitro benzene ring substituents is 1. The maximum absolute atomic E-state index is 13.0. The van der Waals surface area contributed by atoms with Crippen LogP contribution in [0.25, 0.3) is 22.4 Å². The number of aromatic nitrogens is 4. The molecule has 11 nitrogen and oxygen atoms in total. The van der Waals surface area contributed by atoms with Gasteiger partial charge in [-0.1, -0.05) is 23.9 Å². The number of nitrogens with zero attached hydrogens (tertiary/aromatic N) is 5. The summed E-state index contributed by atoms with van der Waals surface area (Å²) in [6, 6.07) is 11.3. The molecular formula is C24H22N6O5S. The first-order chi connectivity index (χ1) is 17.1. The summed E-state index contributed by atoms with van der Waals surface area (Å²) in [4.78, 5) is 57.7. The summed E-state index contributed by atoms with van der Waals surface area (Å²) in [5.41, 5.74) is 1.92. The third-order valence-electron chi connectivity index (χ3n) is 5.61. The van der Waals surface area contributed by atoms with Crippen LogP contribution in [0.2, 0.25) is 0 Å².